The Balaban J connectivity index is 1.80. The number of alkyl halides is 3. The van der Waals surface area contributed by atoms with E-state index in [1.54, 1.807) is 43.5 Å². The number of nitrogens with one attached hydrogen (secondary N) is 2. The molecular weight excluding hydrogens is 393 g/mol. The average molecular weight is 410 g/mol. The first-order valence-electron chi connectivity index (χ1n) is 8.87. The van der Waals surface area contributed by atoms with Gasteiger partial charge in [-0.1, -0.05) is 18.2 Å². The number of anilines is 1. The van der Waals surface area contributed by atoms with Gasteiger partial charge >= 0.3 is 6.18 Å². The molecule has 1 amide bonds. The van der Waals surface area contributed by atoms with Crippen molar-refractivity contribution in [2.45, 2.75) is 13.1 Å². The number of halogens is 3. The monoisotopic (exact) mass is 410 g/mol. The van der Waals surface area contributed by atoms with E-state index in [4.69, 9.17) is 5.41 Å². The highest BCUT2D eigenvalue weighted by atomic mass is 19.4. The molecule has 0 saturated carbocycles. The van der Waals surface area contributed by atoms with E-state index in [0.717, 1.165) is 12.1 Å². The van der Waals surface area contributed by atoms with Crippen molar-refractivity contribution in [3.8, 4) is 0 Å². The van der Waals surface area contributed by atoms with Gasteiger partial charge in [-0.15, -0.1) is 0 Å². The molecule has 0 aliphatic rings. The lowest BCUT2D eigenvalue weighted by atomic mass is 10.1. The van der Waals surface area contributed by atoms with Gasteiger partial charge in [0.25, 0.3) is 5.91 Å². The fraction of sp³-hybridized carbons (Fsp3) is 0.0909. The zero-order valence-corrected chi connectivity index (χ0v) is 15.9. The molecule has 3 rings (SSSR count). The van der Waals surface area contributed by atoms with Crippen molar-refractivity contribution < 1.29 is 18.0 Å². The van der Waals surface area contributed by atoms with E-state index < -0.39 is 11.7 Å². The summed E-state index contributed by atoms with van der Waals surface area (Å²) >= 11 is 0. The molecule has 0 radical (unpaired) electrons. The number of aliphatic imine (C=N–C) groups is 1. The molecule has 0 aliphatic heterocycles. The summed E-state index contributed by atoms with van der Waals surface area (Å²) in [6.45, 7) is 1.71. The Kier molecular flexibility index (Phi) is 6.06. The number of benzene rings is 2. The van der Waals surface area contributed by atoms with Crippen molar-refractivity contribution in [1.82, 2.24) is 4.98 Å². The number of hydrogen-bond acceptors (Lipinski definition) is 4. The molecule has 2 aromatic carbocycles. The highest BCUT2D eigenvalue weighted by Gasteiger charge is 2.30. The molecule has 152 valence electrons. The predicted molar refractivity (Wildman–Crippen MR) is 110 cm³/mol. The summed E-state index contributed by atoms with van der Waals surface area (Å²) < 4.78 is 38.6. The van der Waals surface area contributed by atoms with Crippen molar-refractivity contribution in [1.29, 1.82) is 5.41 Å². The van der Waals surface area contributed by atoms with Gasteiger partial charge in [-0.3, -0.25) is 20.2 Å². The molecule has 0 bridgehead atoms. The van der Waals surface area contributed by atoms with Crippen LogP contribution in [0, 0.1) is 12.3 Å². The van der Waals surface area contributed by atoms with Gasteiger partial charge in [-0.2, -0.15) is 13.2 Å². The van der Waals surface area contributed by atoms with Crippen LogP contribution in [0.4, 0.5) is 24.5 Å². The topological polar surface area (TPSA) is 78.2 Å². The van der Waals surface area contributed by atoms with Crippen LogP contribution in [0.2, 0.25) is 0 Å². The van der Waals surface area contributed by atoms with Crippen LogP contribution in [0.1, 0.15) is 27.0 Å². The molecule has 0 aliphatic carbocycles. The maximum absolute atomic E-state index is 12.9. The lowest BCUT2D eigenvalue weighted by Gasteiger charge is -2.10. The summed E-state index contributed by atoms with van der Waals surface area (Å²) in [5, 5.41) is 10.8. The van der Waals surface area contributed by atoms with Crippen molar-refractivity contribution in [2.24, 2.45) is 4.99 Å². The van der Waals surface area contributed by atoms with Crippen LogP contribution in [0.3, 0.4) is 0 Å². The van der Waals surface area contributed by atoms with Crippen LogP contribution in [0.5, 0.6) is 0 Å². The van der Waals surface area contributed by atoms with Gasteiger partial charge in [0, 0.05) is 17.3 Å². The molecule has 30 heavy (non-hydrogen) atoms. The summed E-state index contributed by atoms with van der Waals surface area (Å²) in [6.07, 6.45) is -0.207. The normalized spacial score (nSPS) is 11.5. The Hall–Kier alpha value is -3.81. The third-order valence-corrected chi connectivity index (χ3v) is 4.30. The number of amides is 1. The number of hydrogen-bond donors (Lipinski definition) is 2. The highest BCUT2D eigenvalue weighted by molar-refractivity contribution is 6.37. The largest absolute Gasteiger partial charge is 0.416 e. The van der Waals surface area contributed by atoms with Crippen LogP contribution in [-0.4, -0.2) is 22.8 Å². The second kappa shape index (κ2) is 8.69. The summed E-state index contributed by atoms with van der Waals surface area (Å²) in [5.74, 6) is -0.342. The van der Waals surface area contributed by atoms with Gasteiger partial charge in [-0.25, -0.2) is 0 Å². The standard InChI is InChI=1S/C22H17F3N4O/c1-14-18(21(30)29-17-7-4-10-27-12-17)8-3-9-20(14)28-13-19(26)15-5-2-6-16(11-15)22(23,24)25/h2-13,26H,1H3,(H,29,30)/b26-19?,28-13-. The molecule has 0 saturated heterocycles. The first-order chi connectivity index (χ1) is 14.3. The van der Waals surface area contributed by atoms with E-state index in [1.807, 2.05) is 0 Å². The molecule has 2 N–H and O–H groups in total. The van der Waals surface area contributed by atoms with Gasteiger partial charge in [-0.05, 0) is 48.9 Å². The van der Waals surface area contributed by atoms with Crippen LogP contribution in [0.25, 0.3) is 0 Å². The Bertz CT molecular complexity index is 1110. The molecule has 8 heteroatoms. The predicted octanol–water partition coefficient (Wildman–Crippen LogP) is 5.43. The van der Waals surface area contributed by atoms with Crippen LogP contribution in [0.15, 0.2) is 72.0 Å². The minimum absolute atomic E-state index is 0.0942. The number of carbonyl (C=O) groups excluding carboxylic acids is 1. The third kappa shape index (κ3) is 4.96. The van der Waals surface area contributed by atoms with Gasteiger partial charge in [0.2, 0.25) is 0 Å². The van der Waals surface area contributed by atoms with Crippen molar-refractivity contribution >= 4 is 29.2 Å². The maximum Gasteiger partial charge on any atom is 0.416 e. The molecule has 1 aromatic heterocycles. The first kappa shape index (κ1) is 20.9. The first-order valence-corrected chi connectivity index (χ1v) is 8.87. The molecule has 0 unspecified atom stereocenters. The lowest BCUT2D eigenvalue weighted by Crippen LogP contribution is -2.13. The minimum atomic E-state index is -4.49. The van der Waals surface area contributed by atoms with Crippen molar-refractivity contribution in [3.05, 3.63) is 89.2 Å². The second-order valence-electron chi connectivity index (χ2n) is 6.40. The number of pyridine rings is 1. The Morgan fingerprint density at radius 1 is 1.13 bits per heavy atom. The van der Waals surface area contributed by atoms with E-state index in [2.05, 4.69) is 15.3 Å². The summed E-state index contributed by atoms with van der Waals surface area (Å²) in [4.78, 5) is 20.7. The minimum Gasteiger partial charge on any atom is -0.321 e. The highest BCUT2D eigenvalue weighted by Crippen LogP contribution is 2.29. The van der Waals surface area contributed by atoms with E-state index in [1.165, 1.54) is 24.5 Å². The molecule has 0 atom stereocenters. The molecular formula is C22H17F3N4O. The van der Waals surface area contributed by atoms with Crippen molar-refractivity contribution in [3.63, 3.8) is 0 Å². The molecule has 3 aromatic rings. The number of nitrogens with zero attached hydrogens (tertiary/aromatic N) is 2. The second-order valence-corrected chi connectivity index (χ2v) is 6.40. The van der Waals surface area contributed by atoms with Crippen LogP contribution >= 0.6 is 0 Å². The number of rotatable bonds is 5. The quantitative estimate of drug-likeness (QED) is 0.550. The Labute approximate surface area is 170 Å². The summed E-state index contributed by atoms with van der Waals surface area (Å²) in [5.41, 5.74) is 1.03. The van der Waals surface area contributed by atoms with Crippen molar-refractivity contribution in [2.75, 3.05) is 5.32 Å². The Morgan fingerprint density at radius 3 is 2.60 bits per heavy atom. The zero-order valence-electron chi connectivity index (χ0n) is 15.9. The molecule has 5 nitrogen and oxygen atoms in total. The van der Waals surface area contributed by atoms with Gasteiger partial charge in [0.15, 0.2) is 0 Å². The van der Waals surface area contributed by atoms with Crippen LogP contribution in [-0.2, 0) is 6.18 Å². The fourth-order valence-electron chi connectivity index (χ4n) is 2.72. The van der Waals surface area contributed by atoms with Crippen LogP contribution < -0.4 is 5.32 Å². The summed E-state index contributed by atoms with van der Waals surface area (Å²) in [6, 6.07) is 12.8. The van der Waals surface area contributed by atoms with Gasteiger partial charge < -0.3 is 5.32 Å². The smallest absolute Gasteiger partial charge is 0.321 e. The maximum atomic E-state index is 12.9. The lowest BCUT2D eigenvalue weighted by molar-refractivity contribution is -0.137. The third-order valence-electron chi connectivity index (χ3n) is 4.30. The van der Waals surface area contributed by atoms with Gasteiger partial charge in [0.1, 0.15) is 0 Å². The molecule has 0 fully saturated rings. The van der Waals surface area contributed by atoms with E-state index in [9.17, 15) is 18.0 Å². The number of carbonyl (C=O) groups is 1. The average Bonchev–Trinajstić information content (AvgIpc) is 2.73. The number of aromatic nitrogens is 1. The Morgan fingerprint density at radius 2 is 1.90 bits per heavy atom. The van der Waals surface area contributed by atoms with E-state index in [0.29, 0.717) is 22.5 Å². The van der Waals surface area contributed by atoms with Gasteiger partial charge in [0.05, 0.1) is 35.1 Å². The summed E-state index contributed by atoms with van der Waals surface area (Å²) in [7, 11) is 0. The zero-order chi connectivity index (χ0) is 21.7. The van der Waals surface area contributed by atoms with E-state index in [-0.39, 0.29) is 17.2 Å². The molecule has 0 spiro atoms. The SMILES string of the molecule is Cc1c(/N=C\C(=N)c2cccc(C(F)(F)F)c2)cccc1C(=O)Nc1cccnc1. The molecule has 1 heterocycles. The fourth-order valence-corrected chi connectivity index (χ4v) is 2.72. The van der Waals surface area contributed by atoms with E-state index >= 15 is 0 Å².